The zero-order valence-corrected chi connectivity index (χ0v) is 21.7. The molecule has 9 heteroatoms. The number of nitrogens with one attached hydrogen (secondary N) is 2. The Labute approximate surface area is 220 Å². The number of ether oxygens (including phenoxy) is 2. The van der Waals surface area contributed by atoms with Gasteiger partial charge in [-0.1, -0.05) is 30.3 Å². The van der Waals surface area contributed by atoms with Crippen molar-refractivity contribution in [2.24, 2.45) is 0 Å². The lowest BCUT2D eigenvalue weighted by molar-refractivity contribution is 0.0975. The number of fused-ring (bicyclic) bond motifs is 2. The number of oxazole rings is 1. The summed E-state index contributed by atoms with van der Waals surface area (Å²) in [6.07, 6.45) is 0. The molecule has 1 amide bonds. The molecule has 0 aliphatic carbocycles. The van der Waals surface area contributed by atoms with Crippen LogP contribution in [0.1, 0.15) is 10.4 Å². The molecule has 36 heavy (non-hydrogen) atoms. The Morgan fingerprint density at radius 3 is 2.64 bits per heavy atom. The maximum absolute atomic E-state index is 13.1. The van der Waals surface area contributed by atoms with E-state index in [9.17, 15) is 4.79 Å². The van der Waals surface area contributed by atoms with Gasteiger partial charge >= 0.3 is 0 Å². The first-order valence-corrected chi connectivity index (χ1v) is 12.1. The molecule has 4 aromatic carbocycles. The summed E-state index contributed by atoms with van der Waals surface area (Å²) >= 11 is 8.97. The van der Waals surface area contributed by atoms with Crippen LogP contribution in [0.15, 0.2) is 81.7 Å². The van der Waals surface area contributed by atoms with E-state index >= 15 is 0 Å². The quantitative estimate of drug-likeness (QED) is 0.235. The molecule has 5 aromatic rings. The third-order valence-corrected chi connectivity index (χ3v) is 6.57. The van der Waals surface area contributed by atoms with E-state index in [2.05, 4.69) is 31.5 Å². The van der Waals surface area contributed by atoms with Gasteiger partial charge in [0, 0.05) is 17.3 Å². The summed E-state index contributed by atoms with van der Waals surface area (Å²) in [5.74, 6) is 1.21. The van der Waals surface area contributed by atoms with Crippen LogP contribution in [0.3, 0.4) is 0 Å². The molecule has 0 saturated carbocycles. The van der Waals surface area contributed by atoms with Gasteiger partial charge in [-0.2, -0.15) is 0 Å². The number of methoxy groups -OCH3 is 2. The summed E-state index contributed by atoms with van der Waals surface area (Å²) in [5.41, 5.74) is 3.14. The second kappa shape index (κ2) is 9.96. The number of amides is 1. The Bertz CT molecular complexity index is 1630. The molecule has 1 heterocycles. The van der Waals surface area contributed by atoms with Crippen LogP contribution in [-0.4, -0.2) is 30.2 Å². The number of thiocarbonyl (C=S) groups is 1. The third kappa shape index (κ3) is 4.62. The molecule has 0 bridgehead atoms. The highest BCUT2D eigenvalue weighted by molar-refractivity contribution is 9.10. The Morgan fingerprint density at radius 2 is 1.83 bits per heavy atom. The van der Waals surface area contributed by atoms with E-state index in [4.69, 9.17) is 26.1 Å². The van der Waals surface area contributed by atoms with E-state index in [1.807, 2.05) is 66.7 Å². The van der Waals surface area contributed by atoms with Gasteiger partial charge in [0.1, 0.15) is 17.0 Å². The van der Waals surface area contributed by atoms with Crippen LogP contribution in [-0.2, 0) is 0 Å². The minimum atomic E-state index is -0.389. The first-order chi connectivity index (χ1) is 17.5. The smallest absolute Gasteiger partial charge is 0.261 e. The molecule has 0 radical (unpaired) electrons. The number of halogens is 1. The standard InChI is InChI=1S/C27H20BrN3O4S/c1-33-18-10-11-22-21(14-18)30-26(35-22)16-7-5-8-17(12-16)29-27(36)31-25(32)20-13-15-6-3-4-9-19(15)23(28)24(20)34-2/h3-14H,1-2H3,(H2,29,31,32,36). The molecule has 0 saturated heterocycles. The van der Waals surface area contributed by atoms with Crippen molar-refractivity contribution in [3.8, 4) is 23.0 Å². The fourth-order valence-corrected chi connectivity index (χ4v) is 4.82. The van der Waals surface area contributed by atoms with Gasteiger partial charge in [-0.05, 0) is 75.3 Å². The van der Waals surface area contributed by atoms with Crippen molar-refractivity contribution in [2.45, 2.75) is 0 Å². The van der Waals surface area contributed by atoms with Gasteiger partial charge in [0.25, 0.3) is 5.91 Å². The van der Waals surface area contributed by atoms with Crippen molar-refractivity contribution in [3.05, 3.63) is 82.8 Å². The Morgan fingerprint density at radius 1 is 1.00 bits per heavy atom. The van der Waals surface area contributed by atoms with Gasteiger partial charge in [-0.3, -0.25) is 10.1 Å². The van der Waals surface area contributed by atoms with Gasteiger partial charge < -0.3 is 19.2 Å². The van der Waals surface area contributed by atoms with Crippen LogP contribution in [0.25, 0.3) is 33.3 Å². The number of anilines is 1. The minimum Gasteiger partial charge on any atom is -0.497 e. The molecule has 7 nitrogen and oxygen atoms in total. The molecular weight excluding hydrogens is 542 g/mol. The molecule has 5 rings (SSSR count). The predicted molar refractivity (Wildman–Crippen MR) is 148 cm³/mol. The molecule has 0 aliphatic rings. The van der Waals surface area contributed by atoms with E-state index in [-0.39, 0.29) is 11.0 Å². The molecular formula is C27H20BrN3O4S. The van der Waals surface area contributed by atoms with Crippen molar-refractivity contribution >= 4 is 66.7 Å². The number of benzene rings is 4. The maximum atomic E-state index is 13.1. The number of hydrogen-bond donors (Lipinski definition) is 2. The first kappa shape index (κ1) is 23.8. The van der Waals surface area contributed by atoms with E-state index in [0.29, 0.717) is 44.2 Å². The van der Waals surface area contributed by atoms with E-state index < -0.39 is 0 Å². The highest BCUT2D eigenvalue weighted by atomic mass is 79.9. The van der Waals surface area contributed by atoms with Crippen LogP contribution in [0.5, 0.6) is 11.5 Å². The van der Waals surface area contributed by atoms with Crippen LogP contribution >= 0.6 is 28.1 Å². The first-order valence-electron chi connectivity index (χ1n) is 10.9. The highest BCUT2D eigenvalue weighted by Gasteiger charge is 2.19. The highest BCUT2D eigenvalue weighted by Crippen LogP contribution is 2.36. The number of hydrogen-bond acceptors (Lipinski definition) is 6. The SMILES string of the molecule is COc1ccc2oc(-c3cccc(NC(=S)NC(=O)c4cc5ccccc5c(Br)c4OC)c3)nc2c1. The number of aromatic nitrogens is 1. The Balaban J connectivity index is 1.35. The number of carbonyl (C=O) groups excluding carboxylic acids is 1. The lowest BCUT2D eigenvalue weighted by Gasteiger charge is -2.14. The minimum absolute atomic E-state index is 0.144. The topological polar surface area (TPSA) is 85.6 Å². The predicted octanol–water partition coefficient (Wildman–Crippen LogP) is 6.55. The van der Waals surface area contributed by atoms with E-state index in [1.165, 1.54) is 7.11 Å². The normalized spacial score (nSPS) is 10.9. The lowest BCUT2D eigenvalue weighted by atomic mass is 10.1. The van der Waals surface area contributed by atoms with Crippen molar-refractivity contribution in [1.82, 2.24) is 10.3 Å². The van der Waals surface area contributed by atoms with Crippen LogP contribution in [0.2, 0.25) is 0 Å². The number of carbonyl (C=O) groups is 1. The fourth-order valence-electron chi connectivity index (χ4n) is 3.87. The number of rotatable bonds is 5. The zero-order valence-electron chi connectivity index (χ0n) is 19.3. The Hall–Kier alpha value is -3.95. The fraction of sp³-hybridized carbons (Fsp3) is 0.0741. The average Bonchev–Trinajstić information content (AvgIpc) is 3.32. The van der Waals surface area contributed by atoms with E-state index in [0.717, 1.165) is 16.3 Å². The summed E-state index contributed by atoms with van der Waals surface area (Å²) in [6, 6.07) is 22.4. The van der Waals surface area contributed by atoms with E-state index in [1.54, 1.807) is 13.2 Å². The van der Waals surface area contributed by atoms with Crippen LogP contribution in [0, 0.1) is 0 Å². The van der Waals surface area contributed by atoms with Crippen LogP contribution in [0.4, 0.5) is 5.69 Å². The van der Waals surface area contributed by atoms with Crippen molar-refractivity contribution in [2.75, 3.05) is 19.5 Å². The molecule has 0 atom stereocenters. The van der Waals surface area contributed by atoms with Crippen molar-refractivity contribution in [3.63, 3.8) is 0 Å². The molecule has 1 aromatic heterocycles. The van der Waals surface area contributed by atoms with Gasteiger partial charge in [-0.25, -0.2) is 4.98 Å². The molecule has 180 valence electrons. The van der Waals surface area contributed by atoms with Gasteiger partial charge in [0.05, 0.1) is 24.3 Å². The van der Waals surface area contributed by atoms with Crippen LogP contribution < -0.4 is 20.1 Å². The van der Waals surface area contributed by atoms with Gasteiger partial charge in [-0.15, -0.1) is 0 Å². The summed E-state index contributed by atoms with van der Waals surface area (Å²) < 4.78 is 17.4. The summed E-state index contributed by atoms with van der Waals surface area (Å²) in [4.78, 5) is 17.6. The summed E-state index contributed by atoms with van der Waals surface area (Å²) in [5, 5.41) is 7.77. The molecule has 0 aliphatic heterocycles. The second-order valence-electron chi connectivity index (χ2n) is 7.83. The lowest BCUT2D eigenvalue weighted by Crippen LogP contribution is -2.34. The van der Waals surface area contributed by atoms with Gasteiger partial charge in [0.15, 0.2) is 10.7 Å². The monoisotopic (exact) mass is 561 g/mol. The van der Waals surface area contributed by atoms with Crippen molar-refractivity contribution < 1.29 is 18.7 Å². The molecule has 0 fully saturated rings. The maximum Gasteiger partial charge on any atom is 0.261 e. The molecule has 0 unspecified atom stereocenters. The average molecular weight is 562 g/mol. The third-order valence-electron chi connectivity index (χ3n) is 5.58. The summed E-state index contributed by atoms with van der Waals surface area (Å²) in [7, 11) is 3.13. The van der Waals surface area contributed by atoms with Gasteiger partial charge in [0.2, 0.25) is 5.89 Å². The zero-order chi connectivity index (χ0) is 25.2. The second-order valence-corrected chi connectivity index (χ2v) is 9.04. The molecule has 0 spiro atoms. The number of nitrogens with zero attached hydrogens (tertiary/aromatic N) is 1. The summed E-state index contributed by atoms with van der Waals surface area (Å²) in [6.45, 7) is 0. The largest absolute Gasteiger partial charge is 0.497 e. The molecule has 2 N–H and O–H groups in total. The Kier molecular flexibility index (Phi) is 6.58. The van der Waals surface area contributed by atoms with Crippen molar-refractivity contribution in [1.29, 1.82) is 0 Å².